The summed E-state index contributed by atoms with van der Waals surface area (Å²) in [6.07, 6.45) is 0. The highest BCUT2D eigenvalue weighted by Gasteiger charge is 2.14. The number of hydrogen-bond acceptors (Lipinski definition) is 3. The largest absolute Gasteiger partial charge is 0.484 e. The van der Waals surface area contributed by atoms with Gasteiger partial charge in [-0.3, -0.25) is 9.59 Å². The van der Waals surface area contributed by atoms with Gasteiger partial charge >= 0.3 is 5.97 Å². The summed E-state index contributed by atoms with van der Waals surface area (Å²) in [6.45, 7) is 3.07. The number of hydrogen-bond donors (Lipinski definition) is 2. The van der Waals surface area contributed by atoms with Crippen LogP contribution in [0, 0.1) is 6.92 Å². The van der Waals surface area contributed by atoms with Crippen molar-refractivity contribution in [1.82, 2.24) is 5.32 Å². The summed E-state index contributed by atoms with van der Waals surface area (Å²) in [7, 11) is 0. The number of aliphatic carboxylic acids is 1. The summed E-state index contributed by atoms with van der Waals surface area (Å²) in [5.41, 5.74) is 0.923. The van der Waals surface area contributed by atoms with E-state index in [0.29, 0.717) is 5.75 Å². The van der Waals surface area contributed by atoms with Gasteiger partial charge in [0.2, 0.25) is 0 Å². The number of para-hydroxylation sites is 1. The molecule has 0 radical (unpaired) electrons. The fraction of sp³-hybridized carbons (Fsp3) is 0.333. The average molecular weight is 237 g/mol. The summed E-state index contributed by atoms with van der Waals surface area (Å²) in [5, 5.41) is 10.9. The summed E-state index contributed by atoms with van der Waals surface area (Å²) in [6, 6.07) is 6.38. The molecule has 1 aromatic carbocycles. The Balaban J connectivity index is 2.44. The first kappa shape index (κ1) is 13.0. The molecule has 0 heterocycles. The van der Waals surface area contributed by atoms with Crippen LogP contribution in [0.3, 0.4) is 0 Å². The minimum Gasteiger partial charge on any atom is -0.484 e. The fourth-order valence-electron chi connectivity index (χ4n) is 1.21. The first-order chi connectivity index (χ1) is 8.00. The molecule has 5 heteroatoms. The normalized spacial score (nSPS) is 11.6. The second-order valence-corrected chi connectivity index (χ2v) is 3.68. The Kier molecular flexibility index (Phi) is 4.51. The SMILES string of the molecule is Cc1ccccc1OCC(=O)N[C@H](C)C(=O)O. The zero-order chi connectivity index (χ0) is 12.8. The van der Waals surface area contributed by atoms with Crippen LogP contribution in [0.25, 0.3) is 0 Å². The first-order valence-corrected chi connectivity index (χ1v) is 5.21. The summed E-state index contributed by atoms with van der Waals surface area (Å²) < 4.78 is 5.27. The molecule has 0 saturated heterocycles. The molecule has 0 fully saturated rings. The van der Waals surface area contributed by atoms with E-state index >= 15 is 0 Å². The highest BCUT2D eigenvalue weighted by molar-refractivity contribution is 5.84. The van der Waals surface area contributed by atoms with Crippen LogP contribution in [0.1, 0.15) is 12.5 Å². The molecule has 0 aromatic heterocycles. The molecule has 2 N–H and O–H groups in total. The van der Waals surface area contributed by atoms with Crippen LogP contribution in [-0.2, 0) is 9.59 Å². The van der Waals surface area contributed by atoms with Crippen molar-refractivity contribution in [3.63, 3.8) is 0 Å². The lowest BCUT2D eigenvalue weighted by Gasteiger charge is -2.11. The zero-order valence-electron chi connectivity index (χ0n) is 9.77. The third-order valence-corrected chi connectivity index (χ3v) is 2.20. The molecule has 1 atom stereocenters. The summed E-state index contributed by atoms with van der Waals surface area (Å²) >= 11 is 0. The molecule has 0 aliphatic carbocycles. The van der Waals surface area contributed by atoms with E-state index in [1.54, 1.807) is 12.1 Å². The van der Waals surface area contributed by atoms with Gasteiger partial charge in [0.15, 0.2) is 6.61 Å². The highest BCUT2D eigenvalue weighted by Crippen LogP contribution is 2.15. The molecule has 1 rings (SSSR count). The van der Waals surface area contributed by atoms with E-state index in [1.807, 2.05) is 19.1 Å². The quantitative estimate of drug-likeness (QED) is 0.799. The molecule has 92 valence electrons. The van der Waals surface area contributed by atoms with Gasteiger partial charge in [0.05, 0.1) is 0 Å². The Bertz CT molecular complexity index is 417. The molecule has 0 spiro atoms. The second kappa shape index (κ2) is 5.89. The van der Waals surface area contributed by atoms with E-state index in [2.05, 4.69) is 5.32 Å². The number of ether oxygens (including phenoxy) is 1. The first-order valence-electron chi connectivity index (χ1n) is 5.21. The van der Waals surface area contributed by atoms with Crippen LogP contribution >= 0.6 is 0 Å². The zero-order valence-corrected chi connectivity index (χ0v) is 9.77. The van der Waals surface area contributed by atoms with Crippen molar-refractivity contribution in [2.75, 3.05) is 6.61 Å². The van der Waals surface area contributed by atoms with E-state index < -0.39 is 17.9 Å². The highest BCUT2D eigenvalue weighted by atomic mass is 16.5. The monoisotopic (exact) mass is 237 g/mol. The predicted molar refractivity (Wildman–Crippen MR) is 61.9 cm³/mol. The second-order valence-electron chi connectivity index (χ2n) is 3.68. The Hall–Kier alpha value is -2.04. The molecule has 17 heavy (non-hydrogen) atoms. The van der Waals surface area contributed by atoms with Crippen LogP contribution < -0.4 is 10.1 Å². The van der Waals surface area contributed by atoms with E-state index in [-0.39, 0.29) is 6.61 Å². The number of aryl methyl sites for hydroxylation is 1. The Morgan fingerprint density at radius 1 is 1.41 bits per heavy atom. The van der Waals surface area contributed by atoms with E-state index in [4.69, 9.17) is 9.84 Å². The minimum atomic E-state index is -1.07. The lowest BCUT2D eigenvalue weighted by Crippen LogP contribution is -2.40. The van der Waals surface area contributed by atoms with Crippen molar-refractivity contribution in [2.24, 2.45) is 0 Å². The number of carboxylic acid groups (broad SMARTS) is 1. The van der Waals surface area contributed by atoms with Crippen molar-refractivity contribution in [3.8, 4) is 5.75 Å². The summed E-state index contributed by atoms with van der Waals surface area (Å²) in [5.74, 6) is -0.914. The van der Waals surface area contributed by atoms with E-state index in [1.165, 1.54) is 6.92 Å². The smallest absolute Gasteiger partial charge is 0.325 e. The predicted octanol–water partition coefficient (Wildman–Crippen LogP) is 0.963. The molecule has 1 aromatic rings. The van der Waals surface area contributed by atoms with Crippen LogP contribution in [0.5, 0.6) is 5.75 Å². The minimum absolute atomic E-state index is 0.192. The maximum absolute atomic E-state index is 11.3. The maximum Gasteiger partial charge on any atom is 0.325 e. The Morgan fingerprint density at radius 2 is 2.06 bits per heavy atom. The Labute approximate surface area is 99.4 Å². The average Bonchev–Trinajstić information content (AvgIpc) is 2.27. The molecular weight excluding hydrogens is 222 g/mol. The van der Waals surface area contributed by atoms with Crippen molar-refractivity contribution in [1.29, 1.82) is 0 Å². The van der Waals surface area contributed by atoms with Gasteiger partial charge in [-0.05, 0) is 25.5 Å². The van der Waals surface area contributed by atoms with Gasteiger partial charge in [-0.1, -0.05) is 18.2 Å². The Morgan fingerprint density at radius 3 is 2.65 bits per heavy atom. The van der Waals surface area contributed by atoms with E-state index in [9.17, 15) is 9.59 Å². The lowest BCUT2D eigenvalue weighted by molar-refractivity contribution is -0.141. The number of carbonyl (C=O) groups excluding carboxylic acids is 1. The van der Waals surface area contributed by atoms with Crippen LogP contribution in [0.15, 0.2) is 24.3 Å². The van der Waals surface area contributed by atoms with Crippen molar-refractivity contribution in [3.05, 3.63) is 29.8 Å². The third kappa shape index (κ3) is 4.14. The standard InChI is InChI=1S/C12H15NO4/c1-8-5-3-4-6-10(8)17-7-11(14)13-9(2)12(15)16/h3-6,9H,7H2,1-2H3,(H,13,14)(H,15,16)/t9-/m1/s1. The number of rotatable bonds is 5. The van der Waals surface area contributed by atoms with Gasteiger partial charge in [-0.2, -0.15) is 0 Å². The third-order valence-electron chi connectivity index (χ3n) is 2.20. The maximum atomic E-state index is 11.3. The lowest BCUT2D eigenvalue weighted by atomic mass is 10.2. The topological polar surface area (TPSA) is 75.6 Å². The number of carbonyl (C=O) groups is 2. The van der Waals surface area contributed by atoms with Gasteiger partial charge in [0, 0.05) is 0 Å². The van der Waals surface area contributed by atoms with Crippen molar-refractivity contribution >= 4 is 11.9 Å². The van der Waals surface area contributed by atoms with Gasteiger partial charge < -0.3 is 15.2 Å². The van der Waals surface area contributed by atoms with E-state index in [0.717, 1.165) is 5.56 Å². The summed E-state index contributed by atoms with van der Waals surface area (Å²) in [4.78, 5) is 21.9. The van der Waals surface area contributed by atoms with Crippen LogP contribution in [0.4, 0.5) is 0 Å². The number of benzene rings is 1. The number of amides is 1. The fourth-order valence-corrected chi connectivity index (χ4v) is 1.21. The van der Waals surface area contributed by atoms with Gasteiger partial charge in [0.25, 0.3) is 5.91 Å². The molecular formula is C12H15NO4. The molecule has 0 aliphatic rings. The molecule has 0 unspecified atom stereocenters. The molecule has 0 saturated carbocycles. The van der Waals surface area contributed by atoms with Gasteiger partial charge in [-0.15, -0.1) is 0 Å². The number of nitrogens with one attached hydrogen (secondary N) is 1. The number of carboxylic acids is 1. The van der Waals surface area contributed by atoms with Crippen LogP contribution in [0.2, 0.25) is 0 Å². The van der Waals surface area contributed by atoms with Gasteiger partial charge in [0.1, 0.15) is 11.8 Å². The molecule has 5 nitrogen and oxygen atoms in total. The van der Waals surface area contributed by atoms with Crippen molar-refractivity contribution < 1.29 is 19.4 Å². The van der Waals surface area contributed by atoms with Crippen LogP contribution in [-0.4, -0.2) is 29.6 Å². The molecule has 0 aliphatic heterocycles. The molecule has 0 bridgehead atoms. The molecule has 1 amide bonds. The van der Waals surface area contributed by atoms with Gasteiger partial charge in [-0.25, -0.2) is 0 Å². The van der Waals surface area contributed by atoms with Crippen molar-refractivity contribution in [2.45, 2.75) is 19.9 Å².